The summed E-state index contributed by atoms with van der Waals surface area (Å²) in [6, 6.07) is 0. The highest BCUT2D eigenvalue weighted by Gasteiger charge is 2.13. The van der Waals surface area contributed by atoms with Crippen LogP contribution in [0.25, 0.3) is 0 Å². The molecule has 1 aromatic heterocycles. The van der Waals surface area contributed by atoms with Crippen LogP contribution in [0.1, 0.15) is 11.2 Å². The third-order valence-electron chi connectivity index (χ3n) is 0.975. The molecule has 0 atom stereocenters. The van der Waals surface area contributed by atoms with Gasteiger partial charge in [0.1, 0.15) is 7.67 Å². The van der Waals surface area contributed by atoms with Gasteiger partial charge in [-0.15, -0.1) is 0 Å². The summed E-state index contributed by atoms with van der Waals surface area (Å²) in [4.78, 5) is 6.70. The lowest BCUT2D eigenvalue weighted by Crippen LogP contribution is -2.33. The Balaban J connectivity index is 3.30. The van der Waals surface area contributed by atoms with Gasteiger partial charge in [0.15, 0.2) is 0 Å². The first kappa shape index (κ1) is 3.45. The summed E-state index contributed by atoms with van der Waals surface area (Å²) in [5.41, 5.74) is -0.812. The van der Waals surface area contributed by atoms with E-state index in [4.69, 9.17) is 15.5 Å². The van der Waals surface area contributed by atoms with E-state index in [2.05, 4.69) is 9.97 Å². The van der Waals surface area contributed by atoms with Gasteiger partial charge >= 0.3 is 7.12 Å². The zero-order valence-electron chi connectivity index (χ0n) is 8.94. The van der Waals surface area contributed by atoms with Gasteiger partial charge in [0.05, 0.1) is 0 Å². The van der Waals surface area contributed by atoms with Gasteiger partial charge in [-0.3, -0.25) is 0 Å². The van der Waals surface area contributed by atoms with Crippen LogP contribution in [0.15, 0.2) is 12.5 Å². The molecule has 0 amide bonds. The quantitative estimate of drug-likeness (QED) is 0.466. The minimum absolute atomic E-state index is 0.305. The molecule has 0 saturated carbocycles. The zero-order chi connectivity index (χ0) is 10.9. The van der Waals surface area contributed by atoms with E-state index in [-0.39, 0.29) is 5.46 Å². The van der Waals surface area contributed by atoms with Gasteiger partial charge in [0.2, 0.25) is 0 Å². The van der Waals surface area contributed by atoms with Crippen LogP contribution < -0.4 is 5.46 Å². The summed E-state index contributed by atoms with van der Waals surface area (Å²) in [5.74, 6) is 0. The molecular formula is C5H7BN2O2. The SMILES string of the molecule is [2H]c1ncc(B(O)O)c(C([2H])([2H])[2H])n1. The van der Waals surface area contributed by atoms with E-state index in [0.717, 1.165) is 6.20 Å². The molecule has 1 rings (SSSR count). The van der Waals surface area contributed by atoms with Crippen LogP contribution in [0.5, 0.6) is 0 Å². The number of aromatic nitrogens is 2. The Morgan fingerprint density at radius 3 is 3.20 bits per heavy atom. The van der Waals surface area contributed by atoms with E-state index in [9.17, 15) is 0 Å². The maximum absolute atomic E-state index is 8.82. The molecule has 0 saturated heterocycles. The molecule has 1 aromatic rings. The van der Waals surface area contributed by atoms with E-state index in [0.29, 0.717) is 0 Å². The predicted molar refractivity (Wildman–Crippen MR) is 36.6 cm³/mol. The first-order chi connectivity index (χ1) is 6.32. The van der Waals surface area contributed by atoms with Gasteiger partial charge in [0, 0.05) is 21.5 Å². The number of rotatable bonds is 1. The highest BCUT2D eigenvalue weighted by atomic mass is 16.4. The van der Waals surface area contributed by atoms with Gasteiger partial charge in [-0.25, -0.2) is 9.97 Å². The summed E-state index contributed by atoms with van der Waals surface area (Å²) >= 11 is 0. The Labute approximate surface area is 64.3 Å². The molecule has 0 aliphatic carbocycles. The second kappa shape index (κ2) is 2.77. The van der Waals surface area contributed by atoms with E-state index in [1.165, 1.54) is 0 Å². The molecule has 2 N–H and O–H groups in total. The molecule has 4 nitrogen and oxygen atoms in total. The van der Waals surface area contributed by atoms with Gasteiger partial charge in [-0.2, -0.15) is 0 Å². The van der Waals surface area contributed by atoms with Crippen molar-refractivity contribution in [2.24, 2.45) is 0 Å². The normalized spacial score (nSPS) is 16.6. The topological polar surface area (TPSA) is 66.2 Å². The monoisotopic (exact) mass is 142 g/mol. The molecule has 0 radical (unpaired) electrons. The van der Waals surface area contributed by atoms with Crippen LogP contribution in [0.3, 0.4) is 0 Å². The number of nitrogens with zero attached hydrogens (tertiary/aromatic N) is 2. The van der Waals surface area contributed by atoms with Gasteiger partial charge < -0.3 is 10.0 Å². The summed E-state index contributed by atoms with van der Waals surface area (Å²) in [7, 11) is -1.95. The van der Waals surface area contributed by atoms with E-state index >= 15 is 0 Å². The molecule has 1 heterocycles. The maximum atomic E-state index is 8.82. The van der Waals surface area contributed by atoms with Crippen molar-refractivity contribution in [2.75, 3.05) is 0 Å². The molecule has 5 heteroatoms. The smallest absolute Gasteiger partial charge is 0.423 e. The summed E-state index contributed by atoms with van der Waals surface area (Å²) in [5, 5.41) is 17.6. The van der Waals surface area contributed by atoms with Crippen LogP contribution in [0.2, 0.25) is 0 Å². The zero-order valence-corrected chi connectivity index (χ0v) is 4.94. The fraction of sp³-hybridized carbons (Fsp3) is 0.200. The Hall–Kier alpha value is -0.935. The molecule has 52 valence electrons. The van der Waals surface area contributed by atoms with Crippen molar-refractivity contribution in [2.45, 2.75) is 6.85 Å². The Morgan fingerprint density at radius 1 is 1.80 bits per heavy atom. The van der Waals surface area contributed by atoms with Gasteiger partial charge in [0.25, 0.3) is 0 Å². The Bertz CT molecular complexity index is 343. The lowest BCUT2D eigenvalue weighted by Gasteiger charge is -1.99. The van der Waals surface area contributed by atoms with E-state index in [1.807, 2.05) is 0 Å². The first-order valence-corrected chi connectivity index (χ1v) is 2.52. The van der Waals surface area contributed by atoms with E-state index in [1.54, 1.807) is 0 Å². The number of hydrogen-bond donors (Lipinski definition) is 2. The number of aryl methyl sites for hydroxylation is 1. The van der Waals surface area contributed by atoms with Crippen molar-refractivity contribution in [3.8, 4) is 0 Å². The van der Waals surface area contributed by atoms with Crippen LogP contribution in [0, 0.1) is 6.85 Å². The van der Waals surface area contributed by atoms with Crippen molar-refractivity contribution in [1.29, 1.82) is 0 Å². The van der Waals surface area contributed by atoms with Crippen LogP contribution in [-0.2, 0) is 0 Å². The molecule has 0 aliphatic rings. The van der Waals surface area contributed by atoms with Crippen molar-refractivity contribution < 1.29 is 15.5 Å². The molecule has 0 aliphatic heterocycles. The van der Waals surface area contributed by atoms with E-state index < -0.39 is 26.0 Å². The molecular weight excluding hydrogens is 131 g/mol. The molecule has 0 spiro atoms. The van der Waals surface area contributed by atoms with Crippen molar-refractivity contribution in [3.05, 3.63) is 18.2 Å². The first-order valence-electron chi connectivity index (χ1n) is 4.52. The number of hydrogen-bond acceptors (Lipinski definition) is 4. The summed E-state index contributed by atoms with van der Waals surface area (Å²) < 4.78 is 28.1. The molecule has 0 unspecified atom stereocenters. The van der Waals surface area contributed by atoms with Crippen LogP contribution in [-0.4, -0.2) is 27.1 Å². The van der Waals surface area contributed by atoms with Crippen molar-refractivity contribution in [3.63, 3.8) is 0 Å². The van der Waals surface area contributed by atoms with Gasteiger partial charge in [-0.05, 0) is 6.85 Å². The van der Waals surface area contributed by atoms with Crippen LogP contribution in [0.4, 0.5) is 0 Å². The lowest BCUT2D eigenvalue weighted by atomic mass is 9.80. The molecule has 0 bridgehead atoms. The average molecular weight is 142 g/mol. The molecule has 10 heavy (non-hydrogen) atoms. The Morgan fingerprint density at radius 2 is 2.60 bits per heavy atom. The third-order valence-corrected chi connectivity index (χ3v) is 0.975. The Kier molecular flexibility index (Phi) is 0.955. The standard InChI is InChI=1S/C5H7BN2O2/c1-4-5(6(9)10)2-7-3-8-4/h2-3,9-10H,1H3/i1D3,3D. The van der Waals surface area contributed by atoms with Gasteiger partial charge in [-0.1, -0.05) is 0 Å². The predicted octanol–water partition coefficient (Wildman–Crippen LogP) is -1.54. The third kappa shape index (κ3) is 1.31. The van der Waals surface area contributed by atoms with Crippen molar-refractivity contribution in [1.82, 2.24) is 9.97 Å². The van der Waals surface area contributed by atoms with Crippen molar-refractivity contribution >= 4 is 12.6 Å². The fourth-order valence-electron chi connectivity index (χ4n) is 0.492. The highest BCUT2D eigenvalue weighted by molar-refractivity contribution is 6.58. The lowest BCUT2D eigenvalue weighted by molar-refractivity contribution is 0.425. The minimum Gasteiger partial charge on any atom is -0.423 e. The fourth-order valence-corrected chi connectivity index (χ4v) is 0.492. The average Bonchev–Trinajstić information content (AvgIpc) is 2.01. The summed E-state index contributed by atoms with van der Waals surface area (Å²) in [6.07, 6.45) is 0.447. The minimum atomic E-state index is -2.59. The second-order valence-electron chi connectivity index (χ2n) is 1.65. The van der Waals surface area contributed by atoms with Crippen LogP contribution >= 0.6 is 0 Å². The summed E-state index contributed by atoms with van der Waals surface area (Å²) in [6.45, 7) is -2.59. The molecule has 0 aromatic carbocycles. The maximum Gasteiger partial charge on any atom is 0.491 e. The highest BCUT2D eigenvalue weighted by Crippen LogP contribution is 1.84. The second-order valence-corrected chi connectivity index (χ2v) is 1.65. The largest absolute Gasteiger partial charge is 0.491 e. The molecule has 0 fully saturated rings.